The van der Waals surface area contributed by atoms with Crippen LogP contribution in [0.3, 0.4) is 0 Å². The SMILES string of the molecule is c1ccc(-c2ncnc(C3CCCCC3)n2)cc1. The monoisotopic (exact) mass is 239 g/mol. The Morgan fingerprint density at radius 2 is 1.67 bits per heavy atom. The molecule has 0 bridgehead atoms. The Morgan fingerprint density at radius 1 is 0.889 bits per heavy atom. The lowest BCUT2D eigenvalue weighted by atomic mass is 9.89. The third kappa shape index (κ3) is 2.40. The molecule has 18 heavy (non-hydrogen) atoms. The Bertz CT molecular complexity index is 504. The molecule has 3 nitrogen and oxygen atoms in total. The van der Waals surface area contributed by atoms with Gasteiger partial charge >= 0.3 is 0 Å². The molecule has 1 saturated carbocycles. The fourth-order valence-corrected chi connectivity index (χ4v) is 2.59. The van der Waals surface area contributed by atoms with E-state index in [1.165, 1.54) is 32.1 Å². The molecule has 0 saturated heterocycles. The van der Waals surface area contributed by atoms with E-state index in [2.05, 4.69) is 15.0 Å². The number of benzene rings is 1. The number of hydrogen-bond donors (Lipinski definition) is 0. The minimum absolute atomic E-state index is 0.532. The zero-order valence-corrected chi connectivity index (χ0v) is 10.4. The molecule has 1 aromatic heterocycles. The van der Waals surface area contributed by atoms with Crippen LogP contribution in [-0.2, 0) is 0 Å². The summed E-state index contributed by atoms with van der Waals surface area (Å²) in [4.78, 5) is 13.3. The molecule has 1 fully saturated rings. The van der Waals surface area contributed by atoms with Crippen molar-refractivity contribution >= 4 is 0 Å². The topological polar surface area (TPSA) is 38.7 Å². The standard InChI is InChI=1S/C15H17N3/c1-3-7-12(8-4-1)14-16-11-17-15(18-14)13-9-5-2-6-10-13/h1,3-4,7-8,11,13H,2,5-6,9-10H2. The Kier molecular flexibility index (Phi) is 3.31. The van der Waals surface area contributed by atoms with Crippen molar-refractivity contribution in [1.29, 1.82) is 0 Å². The summed E-state index contributed by atoms with van der Waals surface area (Å²) in [5, 5.41) is 0. The van der Waals surface area contributed by atoms with E-state index in [1.54, 1.807) is 6.33 Å². The molecule has 1 aromatic carbocycles. The highest BCUT2D eigenvalue weighted by molar-refractivity contribution is 5.53. The summed E-state index contributed by atoms with van der Waals surface area (Å²) in [6.07, 6.45) is 8.05. The van der Waals surface area contributed by atoms with Gasteiger partial charge in [-0.2, -0.15) is 0 Å². The van der Waals surface area contributed by atoms with Crippen LogP contribution < -0.4 is 0 Å². The van der Waals surface area contributed by atoms with Crippen LogP contribution >= 0.6 is 0 Å². The molecule has 3 heteroatoms. The van der Waals surface area contributed by atoms with Crippen molar-refractivity contribution in [3.63, 3.8) is 0 Å². The van der Waals surface area contributed by atoms with Gasteiger partial charge in [0, 0.05) is 11.5 Å². The Morgan fingerprint density at radius 3 is 2.44 bits per heavy atom. The zero-order valence-electron chi connectivity index (χ0n) is 10.4. The van der Waals surface area contributed by atoms with E-state index in [0.717, 1.165) is 17.2 Å². The summed E-state index contributed by atoms with van der Waals surface area (Å²) in [6.45, 7) is 0. The number of rotatable bonds is 2. The molecule has 0 aliphatic heterocycles. The fraction of sp³-hybridized carbons (Fsp3) is 0.400. The first kappa shape index (κ1) is 11.3. The molecule has 1 aliphatic rings. The van der Waals surface area contributed by atoms with Gasteiger partial charge in [-0.1, -0.05) is 49.6 Å². The number of aromatic nitrogens is 3. The first-order chi connectivity index (χ1) is 8.93. The maximum atomic E-state index is 4.64. The van der Waals surface area contributed by atoms with Crippen LogP contribution in [0.25, 0.3) is 11.4 Å². The summed E-state index contributed by atoms with van der Waals surface area (Å²) in [5.41, 5.74) is 1.07. The van der Waals surface area contributed by atoms with Gasteiger partial charge < -0.3 is 0 Å². The molecule has 3 rings (SSSR count). The molecule has 0 unspecified atom stereocenters. The summed E-state index contributed by atoms with van der Waals surface area (Å²) >= 11 is 0. The van der Waals surface area contributed by atoms with Gasteiger partial charge in [0.15, 0.2) is 5.82 Å². The predicted octanol–water partition coefficient (Wildman–Crippen LogP) is 3.59. The lowest BCUT2D eigenvalue weighted by Gasteiger charge is -2.20. The smallest absolute Gasteiger partial charge is 0.163 e. The molecule has 0 spiro atoms. The summed E-state index contributed by atoms with van der Waals surface area (Å²) in [7, 11) is 0. The first-order valence-corrected chi connectivity index (χ1v) is 6.68. The molecular weight excluding hydrogens is 222 g/mol. The van der Waals surface area contributed by atoms with E-state index in [-0.39, 0.29) is 0 Å². The van der Waals surface area contributed by atoms with Crippen molar-refractivity contribution in [3.8, 4) is 11.4 Å². The van der Waals surface area contributed by atoms with E-state index >= 15 is 0 Å². The van der Waals surface area contributed by atoms with Crippen molar-refractivity contribution in [1.82, 2.24) is 15.0 Å². The van der Waals surface area contributed by atoms with E-state index in [0.29, 0.717) is 5.92 Å². The minimum atomic E-state index is 0.532. The van der Waals surface area contributed by atoms with Crippen LogP contribution in [-0.4, -0.2) is 15.0 Å². The van der Waals surface area contributed by atoms with E-state index in [1.807, 2.05) is 30.3 Å². The largest absolute Gasteiger partial charge is 0.221 e. The second kappa shape index (κ2) is 5.25. The van der Waals surface area contributed by atoms with Crippen LogP contribution in [0.4, 0.5) is 0 Å². The van der Waals surface area contributed by atoms with Crippen molar-refractivity contribution in [2.75, 3.05) is 0 Å². The Hall–Kier alpha value is -1.77. The quantitative estimate of drug-likeness (QED) is 0.804. The first-order valence-electron chi connectivity index (χ1n) is 6.68. The maximum absolute atomic E-state index is 4.64. The second-order valence-electron chi connectivity index (χ2n) is 4.87. The van der Waals surface area contributed by atoms with Gasteiger partial charge in [-0.25, -0.2) is 15.0 Å². The summed E-state index contributed by atoms with van der Waals surface area (Å²) in [6, 6.07) is 10.1. The molecule has 2 aromatic rings. The maximum Gasteiger partial charge on any atom is 0.163 e. The van der Waals surface area contributed by atoms with E-state index in [4.69, 9.17) is 0 Å². The predicted molar refractivity (Wildman–Crippen MR) is 71.1 cm³/mol. The Balaban J connectivity index is 1.89. The Labute approximate surface area is 107 Å². The third-order valence-electron chi connectivity index (χ3n) is 3.59. The number of hydrogen-bond acceptors (Lipinski definition) is 3. The highest BCUT2D eigenvalue weighted by Gasteiger charge is 2.18. The van der Waals surface area contributed by atoms with Crippen LogP contribution in [0.5, 0.6) is 0 Å². The lowest BCUT2D eigenvalue weighted by molar-refractivity contribution is 0.428. The average Bonchev–Trinajstić information content (AvgIpc) is 2.49. The van der Waals surface area contributed by atoms with Crippen LogP contribution in [0.1, 0.15) is 43.8 Å². The molecule has 0 radical (unpaired) electrons. The van der Waals surface area contributed by atoms with Crippen LogP contribution in [0, 0.1) is 0 Å². The van der Waals surface area contributed by atoms with E-state index < -0.39 is 0 Å². The van der Waals surface area contributed by atoms with Crippen LogP contribution in [0.2, 0.25) is 0 Å². The average molecular weight is 239 g/mol. The highest BCUT2D eigenvalue weighted by Crippen LogP contribution is 2.30. The molecular formula is C15H17N3. The van der Waals surface area contributed by atoms with Gasteiger partial charge in [0.25, 0.3) is 0 Å². The van der Waals surface area contributed by atoms with Gasteiger partial charge in [-0.15, -0.1) is 0 Å². The molecule has 92 valence electrons. The number of nitrogens with zero attached hydrogens (tertiary/aromatic N) is 3. The zero-order chi connectivity index (χ0) is 12.2. The molecule has 1 heterocycles. The summed E-state index contributed by atoms with van der Waals surface area (Å²) < 4.78 is 0. The van der Waals surface area contributed by atoms with Crippen LogP contribution in [0.15, 0.2) is 36.7 Å². The van der Waals surface area contributed by atoms with Crippen molar-refractivity contribution in [2.24, 2.45) is 0 Å². The minimum Gasteiger partial charge on any atom is -0.221 e. The van der Waals surface area contributed by atoms with Gasteiger partial charge in [-0.05, 0) is 12.8 Å². The second-order valence-corrected chi connectivity index (χ2v) is 4.87. The van der Waals surface area contributed by atoms with Gasteiger partial charge in [-0.3, -0.25) is 0 Å². The van der Waals surface area contributed by atoms with Crippen molar-refractivity contribution in [3.05, 3.63) is 42.5 Å². The normalized spacial score (nSPS) is 16.7. The molecule has 0 atom stereocenters. The molecule has 0 amide bonds. The van der Waals surface area contributed by atoms with Gasteiger partial charge in [0.1, 0.15) is 12.2 Å². The third-order valence-corrected chi connectivity index (χ3v) is 3.59. The van der Waals surface area contributed by atoms with Crippen molar-refractivity contribution in [2.45, 2.75) is 38.0 Å². The van der Waals surface area contributed by atoms with E-state index in [9.17, 15) is 0 Å². The van der Waals surface area contributed by atoms with Gasteiger partial charge in [0.2, 0.25) is 0 Å². The van der Waals surface area contributed by atoms with Gasteiger partial charge in [0.05, 0.1) is 0 Å². The van der Waals surface area contributed by atoms with Crippen molar-refractivity contribution < 1.29 is 0 Å². The fourth-order valence-electron chi connectivity index (χ4n) is 2.59. The highest BCUT2D eigenvalue weighted by atomic mass is 15.0. The lowest BCUT2D eigenvalue weighted by Crippen LogP contribution is -2.09. The molecule has 0 N–H and O–H groups in total. The summed E-state index contributed by atoms with van der Waals surface area (Å²) in [5.74, 6) is 2.30. The molecule has 1 aliphatic carbocycles.